The molecule has 0 spiro atoms. The number of H-pyrrole nitrogens is 1. The molecule has 1 aromatic heterocycles. The zero-order chi connectivity index (χ0) is 12.5. The molecular formula is C10H8N2O4S. The Kier molecular flexibility index (Phi) is 2.78. The standard InChI is InChI=1S/C10H8N2O4S/c13-9-6-8(7-4-2-1-3-5-7)11-10(12-9)17(14,15)16/h1-6H,(H,11,12,13)(H,14,15,16). The van der Waals surface area contributed by atoms with Crippen molar-refractivity contribution in [3.05, 3.63) is 46.8 Å². The van der Waals surface area contributed by atoms with E-state index in [1.165, 1.54) is 0 Å². The number of rotatable bonds is 2. The van der Waals surface area contributed by atoms with Crippen molar-refractivity contribution in [2.45, 2.75) is 5.16 Å². The number of benzene rings is 1. The van der Waals surface area contributed by atoms with Gasteiger partial charge in [0.25, 0.3) is 10.7 Å². The van der Waals surface area contributed by atoms with E-state index in [0.717, 1.165) is 6.07 Å². The summed E-state index contributed by atoms with van der Waals surface area (Å²) in [6, 6.07) is 9.74. The SMILES string of the molecule is O=c1cc(-c2ccccc2)nc(S(=O)(=O)O)[nH]1. The van der Waals surface area contributed by atoms with Crippen LogP contribution in [0.25, 0.3) is 11.3 Å². The maximum atomic E-state index is 11.3. The van der Waals surface area contributed by atoms with E-state index in [9.17, 15) is 13.2 Å². The zero-order valence-corrected chi connectivity index (χ0v) is 9.31. The van der Waals surface area contributed by atoms with Crippen LogP contribution in [0.2, 0.25) is 0 Å². The third kappa shape index (κ3) is 2.58. The van der Waals surface area contributed by atoms with Gasteiger partial charge in [0.2, 0.25) is 0 Å². The lowest BCUT2D eigenvalue weighted by Crippen LogP contribution is -2.14. The molecular weight excluding hydrogens is 244 g/mol. The highest BCUT2D eigenvalue weighted by atomic mass is 32.2. The summed E-state index contributed by atoms with van der Waals surface area (Å²) >= 11 is 0. The summed E-state index contributed by atoms with van der Waals surface area (Å²) in [4.78, 5) is 16.9. The summed E-state index contributed by atoms with van der Waals surface area (Å²) in [5.41, 5.74) is 0.122. The molecule has 7 heteroatoms. The highest BCUT2D eigenvalue weighted by Gasteiger charge is 2.14. The van der Waals surface area contributed by atoms with Gasteiger partial charge in [-0.3, -0.25) is 14.3 Å². The molecule has 2 aromatic rings. The van der Waals surface area contributed by atoms with Gasteiger partial charge < -0.3 is 0 Å². The fourth-order valence-electron chi connectivity index (χ4n) is 1.31. The number of nitrogens with zero attached hydrogens (tertiary/aromatic N) is 1. The molecule has 0 aliphatic carbocycles. The largest absolute Gasteiger partial charge is 0.328 e. The Bertz CT molecular complexity index is 692. The van der Waals surface area contributed by atoms with E-state index < -0.39 is 20.8 Å². The van der Waals surface area contributed by atoms with E-state index in [0.29, 0.717) is 5.56 Å². The van der Waals surface area contributed by atoms with Gasteiger partial charge in [-0.2, -0.15) is 8.42 Å². The maximum absolute atomic E-state index is 11.3. The van der Waals surface area contributed by atoms with Crippen molar-refractivity contribution in [2.75, 3.05) is 0 Å². The van der Waals surface area contributed by atoms with E-state index in [-0.39, 0.29) is 5.69 Å². The fourth-order valence-corrected chi connectivity index (χ4v) is 1.76. The molecule has 0 saturated carbocycles. The Morgan fingerprint density at radius 3 is 2.41 bits per heavy atom. The average Bonchev–Trinajstić information content (AvgIpc) is 2.28. The smallest absolute Gasteiger partial charge is 0.295 e. The molecule has 0 saturated heterocycles. The molecule has 0 atom stereocenters. The minimum Gasteiger partial charge on any atom is -0.295 e. The van der Waals surface area contributed by atoms with Gasteiger partial charge >= 0.3 is 10.1 Å². The molecule has 0 unspecified atom stereocenters. The van der Waals surface area contributed by atoms with E-state index in [2.05, 4.69) is 4.98 Å². The van der Waals surface area contributed by atoms with E-state index in [1.807, 2.05) is 4.98 Å². The monoisotopic (exact) mass is 252 g/mol. The van der Waals surface area contributed by atoms with Crippen LogP contribution < -0.4 is 5.56 Å². The summed E-state index contributed by atoms with van der Waals surface area (Å²) in [7, 11) is -4.52. The third-order valence-electron chi connectivity index (χ3n) is 2.03. The van der Waals surface area contributed by atoms with Crippen molar-refractivity contribution in [1.82, 2.24) is 9.97 Å². The van der Waals surface area contributed by atoms with Crippen molar-refractivity contribution in [2.24, 2.45) is 0 Å². The summed E-state index contributed by atoms with van der Waals surface area (Å²) in [5, 5.41) is -0.760. The molecule has 0 aliphatic rings. The van der Waals surface area contributed by atoms with Gasteiger partial charge in [-0.1, -0.05) is 30.3 Å². The molecule has 0 aliphatic heterocycles. The van der Waals surface area contributed by atoms with Crippen molar-refractivity contribution in [3.8, 4) is 11.3 Å². The van der Waals surface area contributed by atoms with E-state index in [1.54, 1.807) is 30.3 Å². The molecule has 0 bridgehead atoms. The zero-order valence-electron chi connectivity index (χ0n) is 8.49. The Morgan fingerprint density at radius 2 is 1.82 bits per heavy atom. The summed E-state index contributed by atoms with van der Waals surface area (Å²) in [6.45, 7) is 0. The van der Waals surface area contributed by atoms with Gasteiger partial charge in [0.1, 0.15) is 0 Å². The maximum Gasteiger partial charge on any atom is 0.328 e. The van der Waals surface area contributed by atoms with Gasteiger partial charge in [-0.25, -0.2) is 4.98 Å². The molecule has 6 nitrogen and oxygen atoms in total. The first-order chi connectivity index (χ1) is 7.97. The lowest BCUT2D eigenvalue weighted by Gasteiger charge is -2.01. The topological polar surface area (TPSA) is 100 Å². The molecule has 0 amide bonds. The number of aromatic amines is 1. The average molecular weight is 252 g/mol. The third-order valence-corrected chi connectivity index (χ3v) is 2.72. The van der Waals surface area contributed by atoms with Crippen LogP contribution in [0.5, 0.6) is 0 Å². The van der Waals surface area contributed by atoms with E-state index in [4.69, 9.17) is 4.55 Å². The first-order valence-electron chi connectivity index (χ1n) is 4.61. The Labute approximate surface area is 96.7 Å². The lowest BCUT2D eigenvalue weighted by atomic mass is 10.1. The second-order valence-electron chi connectivity index (χ2n) is 3.28. The van der Waals surface area contributed by atoms with Gasteiger partial charge in [0, 0.05) is 11.6 Å². The van der Waals surface area contributed by atoms with Gasteiger partial charge in [0.15, 0.2) is 0 Å². The lowest BCUT2D eigenvalue weighted by molar-refractivity contribution is 0.473. The van der Waals surface area contributed by atoms with Crippen LogP contribution in [-0.2, 0) is 10.1 Å². The van der Waals surface area contributed by atoms with Gasteiger partial charge in [0.05, 0.1) is 5.69 Å². The highest BCUT2D eigenvalue weighted by Crippen LogP contribution is 2.15. The Morgan fingerprint density at radius 1 is 1.18 bits per heavy atom. The molecule has 0 fully saturated rings. The molecule has 0 radical (unpaired) electrons. The van der Waals surface area contributed by atoms with Crippen LogP contribution in [0.4, 0.5) is 0 Å². The number of nitrogens with one attached hydrogen (secondary N) is 1. The molecule has 88 valence electrons. The van der Waals surface area contributed by atoms with E-state index >= 15 is 0 Å². The minimum atomic E-state index is -4.52. The number of aromatic nitrogens is 2. The summed E-state index contributed by atoms with van der Waals surface area (Å²) < 4.78 is 30.6. The first-order valence-corrected chi connectivity index (χ1v) is 6.05. The second-order valence-corrected chi connectivity index (χ2v) is 4.61. The van der Waals surface area contributed by atoms with Crippen molar-refractivity contribution in [3.63, 3.8) is 0 Å². The number of hydrogen-bond acceptors (Lipinski definition) is 4. The van der Waals surface area contributed by atoms with Gasteiger partial charge in [-0.15, -0.1) is 0 Å². The normalized spacial score (nSPS) is 11.4. The molecule has 17 heavy (non-hydrogen) atoms. The van der Waals surface area contributed by atoms with Crippen LogP contribution in [0.3, 0.4) is 0 Å². The first kappa shape index (κ1) is 11.5. The molecule has 2 rings (SSSR count). The summed E-state index contributed by atoms with van der Waals surface area (Å²) in [5.74, 6) is 0. The predicted octanol–water partition coefficient (Wildman–Crippen LogP) is 0.684. The van der Waals surface area contributed by atoms with Crippen molar-refractivity contribution < 1.29 is 13.0 Å². The molecule has 1 heterocycles. The second kappa shape index (κ2) is 4.11. The van der Waals surface area contributed by atoms with Crippen LogP contribution in [0.15, 0.2) is 46.3 Å². The minimum absolute atomic E-state index is 0.182. The van der Waals surface area contributed by atoms with Crippen LogP contribution >= 0.6 is 0 Å². The predicted molar refractivity (Wildman–Crippen MR) is 60.1 cm³/mol. The highest BCUT2D eigenvalue weighted by molar-refractivity contribution is 7.85. The molecule has 1 aromatic carbocycles. The van der Waals surface area contributed by atoms with Crippen LogP contribution in [-0.4, -0.2) is 22.9 Å². The van der Waals surface area contributed by atoms with Crippen LogP contribution in [0, 0.1) is 0 Å². The quantitative estimate of drug-likeness (QED) is 0.604. The number of hydrogen-bond donors (Lipinski definition) is 2. The Balaban J connectivity index is 2.66. The van der Waals surface area contributed by atoms with Crippen LogP contribution in [0.1, 0.15) is 0 Å². The molecule has 2 N–H and O–H groups in total. The fraction of sp³-hybridized carbons (Fsp3) is 0. The summed E-state index contributed by atoms with van der Waals surface area (Å²) in [6.07, 6.45) is 0. The van der Waals surface area contributed by atoms with Crippen molar-refractivity contribution >= 4 is 10.1 Å². The van der Waals surface area contributed by atoms with Gasteiger partial charge in [-0.05, 0) is 0 Å². The van der Waals surface area contributed by atoms with Crippen molar-refractivity contribution in [1.29, 1.82) is 0 Å². The Hall–Kier alpha value is -1.99.